The van der Waals surface area contributed by atoms with Gasteiger partial charge in [-0.05, 0) is 50.0 Å². The van der Waals surface area contributed by atoms with E-state index in [1.165, 1.54) is 0 Å². The maximum absolute atomic E-state index is 12.2. The van der Waals surface area contributed by atoms with Crippen molar-refractivity contribution in [1.82, 2.24) is 25.2 Å². The van der Waals surface area contributed by atoms with Crippen LogP contribution < -0.4 is 5.32 Å². The van der Waals surface area contributed by atoms with E-state index in [2.05, 4.69) is 20.5 Å². The lowest BCUT2D eigenvalue weighted by atomic mass is 10.1. The Hall–Kier alpha value is -1.96. The van der Waals surface area contributed by atoms with Gasteiger partial charge >= 0.3 is 0 Å². The molecule has 0 radical (unpaired) electrons. The molecule has 1 saturated heterocycles. The van der Waals surface area contributed by atoms with E-state index in [0.29, 0.717) is 23.8 Å². The van der Waals surface area contributed by atoms with Crippen molar-refractivity contribution in [2.24, 2.45) is 0 Å². The number of β-amino-alcohol motifs (C(OH)–C–C–N with tert-alkyl or cyclic N) is 1. The molecule has 8 heteroatoms. The molecule has 26 heavy (non-hydrogen) atoms. The summed E-state index contributed by atoms with van der Waals surface area (Å²) in [6, 6.07) is 7.48. The lowest BCUT2D eigenvalue weighted by Crippen LogP contribution is -2.39. The fraction of sp³-hybridized carbons (Fsp3) is 0.500. The Morgan fingerprint density at radius 1 is 1.35 bits per heavy atom. The summed E-state index contributed by atoms with van der Waals surface area (Å²) in [4.78, 5) is 14.4. The molecular weight excluding hydrogens is 354 g/mol. The van der Waals surface area contributed by atoms with Crippen molar-refractivity contribution in [1.29, 1.82) is 0 Å². The standard InChI is InChI=1S/C18H24ClN5O2/c19-15-6-4-14(5-7-15)11-24-13-17(21-22-24)18(26)20-8-2-10-23-9-1-3-16(25)12-23/h4-7,13,16,25H,1-3,8-12H2,(H,20,26)/t16-/m0/s1. The zero-order valence-electron chi connectivity index (χ0n) is 14.6. The summed E-state index contributed by atoms with van der Waals surface area (Å²) in [5, 5.41) is 21.2. The smallest absolute Gasteiger partial charge is 0.273 e. The number of likely N-dealkylation sites (tertiary alicyclic amines) is 1. The van der Waals surface area contributed by atoms with E-state index in [9.17, 15) is 9.90 Å². The average molecular weight is 378 g/mol. The predicted molar refractivity (Wildman–Crippen MR) is 99.2 cm³/mol. The van der Waals surface area contributed by atoms with Crippen molar-refractivity contribution < 1.29 is 9.90 Å². The van der Waals surface area contributed by atoms with E-state index in [-0.39, 0.29) is 12.0 Å². The number of amides is 1. The second kappa shape index (κ2) is 9.12. The summed E-state index contributed by atoms with van der Waals surface area (Å²) in [6.07, 6.45) is 4.19. The predicted octanol–water partition coefficient (Wildman–Crippen LogP) is 1.56. The number of halogens is 1. The van der Waals surface area contributed by atoms with Gasteiger partial charge in [-0.15, -0.1) is 5.10 Å². The SMILES string of the molecule is O=C(NCCCN1CCC[C@H](O)C1)c1cn(Cc2ccc(Cl)cc2)nn1. The van der Waals surface area contributed by atoms with Gasteiger partial charge in [-0.3, -0.25) is 4.79 Å². The molecule has 1 aromatic heterocycles. The zero-order chi connectivity index (χ0) is 18.4. The van der Waals surface area contributed by atoms with Gasteiger partial charge in [0.05, 0.1) is 18.8 Å². The first-order chi connectivity index (χ1) is 12.6. The van der Waals surface area contributed by atoms with Crippen LogP contribution in [0.3, 0.4) is 0 Å². The summed E-state index contributed by atoms with van der Waals surface area (Å²) in [7, 11) is 0. The number of aliphatic hydroxyl groups is 1. The monoisotopic (exact) mass is 377 g/mol. The Morgan fingerprint density at radius 3 is 2.92 bits per heavy atom. The van der Waals surface area contributed by atoms with Gasteiger partial charge in [0.15, 0.2) is 5.69 Å². The van der Waals surface area contributed by atoms with Gasteiger partial charge in [0.1, 0.15) is 0 Å². The molecule has 2 heterocycles. The minimum Gasteiger partial charge on any atom is -0.392 e. The van der Waals surface area contributed by atoms with Crippen molar-refractivity contribution in [2.75, 3.05) is 26.2 Å². The van der Waals surface area contributed by atoms with Crippen LogP contribution in [0, 0.1) is 0 Å². The normalized spacial score (nSPS) is 18.0. The third kappa shape index (κ3) is 5.52. The molecule has 2 N–H and O–H groups in total. The molecule has 0 unspecified atom stereocenters. The number of nitrogens with zero attached hydrogens (tertiary/aromatic N) is 4. The van der Waals surface area contributed by atoms with Gasteiger partial charge in [0.2, 0.25) is 0 Å². The Morgan fingerprint density at radius 2 is 2.15 bits per heavy atom. The minimum atomic E-state index is -0.217. The summed E-state index contributed by atoms with van der Waals surface area (Å²) in [5.74, 6) is -0.217. The number of aromatic nitrogens is 3. The van der Waals surface area contributed by atoms with Crippen LogP contribution in [0.5, 0.6) is 0 Å². The van der Waals surface area contributed by atoms with Gasteiger partial charge in [0, 0.05) is 18.1 Å². The molecule has 0 bridgehead atoms. The molecule has 2 aromatic rings. The van der Waals surface area contributed by atoms with E-state index in [1.54, 1.807) is 10.9 Å². The molecule has 0 aliphatic carbocycles. The quantitative estimate of drug-likeness (QED) is 0.715. The number of rotatable bonds is 7. The van der Waals surface area contributed by atoms with E-state index in [4.69, 9.17) is 11.6 Å². The second-order valence-electron chi connectivity index (χ2n) is 6.63. The van der Waals surface area contributed by atoms with Crippen LogP contribution in [0.4, 0.5) is 0 Å². The van der Waals surface area contributed by atoms with Crippen LogP contribution in [0.15, 0.2) is 30.5 Å². The average Bonchev–Trinajstić information content (AvgIpc) is 3.09. The van der Waals surface area contributed by atoms with E-state index in [0.717, 1.165) is 44.5 Å². The minimum absolute atomic E-state index is 0.214. The van der Waals surface area contributed by atoms with Crippen molar-refractivity contribution in [2.45, 2.75) is 31.9 Å². The molecule has 1 aliphatic heterocycles. The first-order valence-electron chi connectivity index (χ1n) is 8.93. The summed E-state index contributed by atoms with van der Waals surface area (Å²) < 4.78 is 1.63. The van der Waals surface area contributed by atoms with Gasteiger partial charge in [-0.25, -0.2) is 4.68 Å². The highest BCUT2D eigenvalue weighted by Crippen LogP contribution is 2.11. The van der Waals surface area contributed by atoms with Gasteiger partial charge < -0.3 is 15.3 Å². The highest BCUT2D eigenvalue weighted by molar-refractivity contribution is 6.30. The van der Waals surface area contributed by atoms with Crippen LogP contribution >= 0.6 is 11.6 Å². The first kappa shape index (κ1) is 18.8. The van der Waals surface area contributed by atoms with Crippen LogP contribution in [0.1, 0.15) is 35.3 Å². The third-order valence-corrected chi connectivity index (χ3v) is 4.70. The Bertz CT molecular complexity index is 719. The number of nitrogens with one attached hydrogen (secondary N) is 1. The molecule has 0 spiro atoms. The van der Waals surface area contributed by atoms with Crippen LogP contribution in [-0.4, -0.2) is 63.2 Å². The molecule has 1 aromatic carbocycles. The zero-order valence-corrected chi connectivity index (χ0v) is 15.4. The van der Waals surface area contributed by atoms with Crippen LogP contribution in [0.25, 0.3) is 0 Å². The van der Waals surface area contributed by atoms with Gasteiger partial charge in [-0.2, -0.15) is 0 Å². The maximum Gasteiger partial charge on any atom is 0.273 e. The number of benzene rings is 1. The first-order valence-corrected chi connectivity index (χ1v) is 9.31. The fourth-order valence-corrected chi connectivity index (χ4v) is 3.21. The van der Waals surface area contributed by atoms with E-state index >= 15 is 0 Å². The number of hydrogen-bond donors (Lipinski definition) is 2. The highest BCUT2D eigenvalue weighted by atomic mass is 35.5. The summed E-state index contributed by atoms with van der Waals surface area (Å²) in [5.41, 5.74) is 1.35. The highest BCUT2D eigenvalue weighted by Gasteiger charge is 2.17. The van der Waals surface area contributed by atoms with Gasteiger partial charge in [-0.1, -0.05) is 28.9 Å². The van der Waals surface area contributed by atoms with Crippen molar-refractivity contribution in [3.8, 4) is 0 Å². The van der Waals surface area contributed by atoms with Crippen LogP contribution in [-0.2, 0) is 6.54 Å². The molecule has 1 fully saturated rings. The van der Waals surface area contributed by atoms with E-state index < -0.39 is 0 Å². The number of carbonyl (C=O) groups excluding carboxylic acids is 1. The molecular formula is C18H24ClN5O2. The molecule has 0 saturated carbocycles. The number of carbonyl (C=O) groups is 1. The molecule has 1 amide bonds. The number of piperidine rings is 1. The van der Waals surface area contributed by atoms with Crippen LogP contribution in [0.2, 0.25) is 5.02 Å². The molecule has 1 aliphatic rings. The Balaban J connectivity index is 1.41. The molecule has 1 atom stereocenters. The topological polar surface area (TPSA) is 83.3 Å². The molecule has 3 rings (SSSR count). The lowest BCUT2D eigenvalue weighted by Gasteiger charge is -2.29. The lowest BCUT2D eigenvalue weighted by molar-refractivity contribution is 0.0697. The van der Waals surface area contributed by atoms with Crippen molar-refractivity contribution >= 4 is 17.5 Å². The maximum atomic E-state index is 12.2. The number of hydrogen-bond acceptors (Lipinski definition) is 5. The van der Waals surface area contributed by atoms with Gasteiger partial charge in [0.25, 0.3) is 5.91 Å². The molecule has 7 nitrogen and oxygen atoms in total. The third-order valence-electron chi connectivity index (χ3n) is 4.45. The van der Waals surface area contributed by atoms with E-state index in [1.807, 2.05) is 24.3 Å². The Labute approximate surface area is 157 Å². The second-order valence-corrected chi connectivity index (χ2v) is 7.07. The fourth-order valence-electron chi connectivity index (χ4n) is 3.09. The Kier molecular flexibility index (Phi) is 6.60. The largest absolute Gasteiger partial charge is 0.392 e. The summed E-state index contributed by atoms with van der Waals surface area (Å²) in [6.45, 7) is 3.74. The van der Waals surface area contributed by atoms with Crippen molar-refractivity contribution in [3.63, 3.8) is 0 Å². The van der Waals surface area contributed by atoms with Crippen molar-refractivity contribution in [3.05, 3.63) is 46.7 Å². The molecule has 140 valence electrons. The summed E-state index contributed by atoms with van der Waals surface area (Å²) >= 11 is 5.87. The number of aliphatic hydroxyl groups excluding tert-OH is 1.